The number of anilines is 3. The maximum atomic E-state index is 11.8. The van der Waals surface area contributed by atoms with Crippen LogP contribution in [0.5, 0.6) is 0 Å². The first kappa shape index (κ1) is 16.3. The average Bonchev–Trinajstić information content (AvgIpc) is 3.24. The van der Waals surface area contributed by atoms with Crippen LogP contribution in [0.25, 0.3) is 10.9 Å². The molecule has 2 heterocycles. The Morgan fingerprint density at radius 3 is 2.88 bits per heavy atom. The van der Waals surface area contributed by atoms with Crippen LogP contribution >= 0.6 is 0 Å². The lowest BCUT2D eigenvalue weighted by Crippen LogP contribution is -2.31. The summed E-state index contributed by atoms with van der Waals surface area (Å²) in [4.78, 5) is 20.4. The maximum Gasteiger partial charge on any atom is 0.254 e. The molecule has 2 aromatic heterocycles. The van der Waals surface area contributed by atoms with Gasteiger partial charge in [-0.05, 0) is 31.0 Å². The third kappa shape index (κ3) is 3.06. The van der Waals surface area contributed by atoms with Crippen molar-refractivity contribution in [3.8, 4) is 0 Å². The number of hydrogen-bond acceptors (Lipinski definition) is 6. The fourth-order valence-corrected chi connectivity index (χ4v) is 2.87. The van der Waals surface area contributed by atoms with E-state index in [-0.39, 0.29) is 11.1 Å². The summed E-state index contributed by atoms with van der Waals surface area (Å²) in [6.07, 6.45) is 5.39. The molecule has 0 unspecified atom stereocenters. The van der Waals surface area contributed by atoms with E-state index in [1.54, 1.807) is 0 Å². The smallest absolute Gasteiger partial charge is 0.254 e. The Bertz CT molecular complexity index is 990. The van der Waals surface area contributed by atoms with Crippen molar-refractivity contribution < 1.29 is 4.79 Å². The molecule has 134 valence electrons. The second-order valence-corrected chi connectivity index (χ2v) is 6.83. The van der Waals surface area contributed by atoms with Gasteiger partial charge in [0.1, 0.15) is 11.4 Å². The minimum atomic E-state index is -0.586. The zero-order valence-electron chi connectivity index (χ0n) is 14.5. The summed E-state index contributed by atoms with van der Waals surface area (Å²) < 4.78 is 2.03. The number of fused-ring (bicyclic) bond motifs is 1. The van der Waals surface area contributed by atoms with Gasteiger partial charge >= 0.3 is 0 Å². The Morgan fingerprint density at radius 2 is 2.15 bits per heavy atom. The van der Waals surface area contributed by atoms with Crippen molar-refractivity contribution in [2.24, 2.45) is 18.5 Å². The second-order valence-electron chi connectivity index (χ2n) is 6.83. The number of amides is 1. The van der Waals surface area contributed by atoms with Gasteiger partial charge in [0.15, 0.2) is 0 Å². The number of primary amides is 1. The van der Waals surface area contributed by atoms with Gasteiger partial charge in [-0.25, -0.2) is 4.98 Å². The van der Waals surface area contributed by atoms with E-state index in [9.17, 15) is 4.79 Å². The third-order valence-electron chi connectivity index (χ3n) is 4.73. The summed E-state index contributed by atoms with van der Waals surface area (Å²) in [7, 11) is 1.98. The van der Waals surface area contributed by atoms with Crippen molar-refractivity contribution in [2.75, 3.05) is 17.2 Å². The van der Waals surface area contributed by atoms with E-state index in [1.807, 2.05) is 42.1 Å². The van der Waals surface area contributed by atoms with Crippen LogP contribution in [-0.2, 0) is 7.05 Å². The molecule has 0 atom stereocenters. The predicted octanol–water partition coefficient (Wildman–Crippen LogP) is 1.71. The molecule has 1 aliphatic rings. The number of aromatic nitrogens is 3. The number of hydrogen-bond donors (Lipinski definition) is 4. The van der Waals surface area contributed by atoms with Crippen LogP contribution in [0.3, 0.4) is 0 Å². The highest BCUT2D eigenvalue weighted by molar-refractivity contribution is 6.00. The van der Waals surface area contributed by atoms with Crippen molar-refractivity contribution in [3.05, 3.63) is 42.2 Å². The van der Waals surface area contributed by atoms with Gasteiger partial charge in [0.05, 0.1) is 0 Å². The van der Waals surface area contributed by atoms with Crippen LogP contribution in [0.1, 0.15) is 23.2 Å². The molecule has 0 spiro atoms. The van der Waals surface area contributed by atoms with Crippen LogP contribution in [-0.4, -0.2) is 32.5 Å². The highest BCUT2D eigenvalue weighted by atomic mass is 16.1. The molecule has 4 rings (SSSR count). The van der Waals surface area contributed by atoms with Gasteiger partial charge in [0.2, 0.25) is 5.95 Å². The number of carbonyl (C=O) groups is 1. The second kappa shape index (κ2) is 5.99. The summed E-state index contributed by atoms with van der Waals surface area (Å²) in [6.45, 7) is 0.594. The van der Waals surface area contributed by atoms with Gasteiger partial charge in [-0.2, -0.15) is 4.98 Å². The first-order valence-electron chi connectivity index (χ1n) is 8.46. The Labute approximate surface area is 150 Å². The molecule has 26 heavy (non-hydrogen) atoms. The standard InChI is InChI=1S/C18H21N7O/c1-25-8-5-11-13(3-2-4-14(11)25)23-16-12(15(19)26)9-21-17(24-16)22-10-18(20)6-7-18/h2-5,8-9H,6-7,10,20H2,1H3,(H2,19,26)(H2,21,22,23,24). The van der Waals surface area contributed by atoms with Gasteiger partial charge in [-0.1, -0.05) is 6.07 Å². The average molecular weight is 351 g/mol. The number of nitrogens with zero attached hydrogens (tertiary/aromatic N) is 3. The van der Waals surface area contributed by atoms with E-state index in [2.05, 4.69) is 20.6 Å². The Balaban J connectivity index is 1.67. The third-order valence-corrected chi connectivity index (χ3v) is 4.73. The molecule has 1 aliphatic carbocycles. The predicted molar refractivity (Wildman–Crippen MR) is 101 cm³/mol. The molecule has 8 nitrogen and oxygen atoms in total. The lowest BCUT2D eigenvalue weighted by molar-refractivity contribution is 0.100. The van der Waals surface area contributed by atoms with Crippen LogP contribution in [0.2, 0.25) is 0 Å². The summed E-state index contributed by atoms with van der Waals surface area (Å²) in [5.41, 5.74) is 13.5. The molecule has 6 N–H and O–H groups in total. The zero-order chi connectivity index (χ0) is 18.3. The quantitative estimate of drug-likeness (QED) is 0.536. The first-order chi connectivity index (χ1) is 12.5. The van der Waals surface area contributed by atoms with Crippen molar-refractivity contribution in [1.29, 1.82) is 0 Å². The highest BCUT2D eigenvalue weighted by Crippen LogP contribution is 2.32. The lowest BCUT2D eigenvalue weighted by Gasteiger charge is -2.14. The number of benzene rings is 1. The molecule has 0 saturated heterocycles. The van der Waals surface area contributed by atoms with E-state index < -0.39 is 5.91 Å². The van der Waals surface area contributed by atoms with Crippen LogP contribution in [0.15, 0.2) is 36.7 Å². The Kier molecular flexibility index (Phi) is 3.77. The molecule has 1 saturated carbocycles. The molecule has 8 heteroatoms. The van der Waals surface area contributed by atoms with Crippen LogP contribution < -0.4 is 22.1 Å². The highest BCUT2D eigenvalue weighted by Gasteiger charge is 2.38. The minimum absolute atomic E-state index is 0.172. The number of rotatable bonds is 6. The van der Waals surface area contributed by atoms with Crippen molar-refractivity contribution in [1.82, 2.24) is 14.5 Å². The number of aryl methyl sites for hydroxylation is 1. The molecule has 1 amide bonds. The first-order valence-corrected chi connectivity index (χ1v) is 8.46. The summed E-state index contributed by atoms with van der Waals surface area (Å²) in [6, 6.07) is 7.91. The van der Waals surface area contributed by atoms with Gasteiger partial charge < -0.3 is 26.7 Å². The van der Waals surface area contributed by atoms with Crippen molar-refractivity contribution in [2.45, 2.75) is 18.4 Å². The molecule has 1 aromatic carbocycles. The molecular weight excluding hydrogens is 330 g/mol. The molecule has 0 radical (unpaired) electrons. The number of nitrogens with one attached hydrogen (secondary N) is 2. The SMILES string of the molecule is Cn1ccc2c(Nc3nc(NCC4(N)CC4)ncc3C(N)=O)cccc21. The Hall–Kier alpha value is -3.13. The van der Waals surface area contributed by atoms with Crippen molar-refractivity contribution in [3.63, 3.8) is 0 Å². The maximum absolute atomic E-state index is 11.8. The largest absolute Gasteiger partial charge is 0.365 e. The fourth-order valence-electron chi connectivity index (χ4n) is 2.87. The number of carbonyl (C=O) groups excluding carboxylic acids is 1. The minimum Gasteiger partial charge on any atom is -0.365 e. The van der Waals surface area contributed by atoms with E-state index in [1.165, 1.54) is 6.20 Å². The van der Waals surface area contributed by atoms with Gasteiger partial charge in [-0.3, -0.25) is 4.79 Å². The monoisotopic (exact) mass is 351 g/mol. The summed E-state index contributed by atoms with van der Waals surface area (Å²) >= 11 is 0. The molecule has 0 bridgehead atoms. The van der Waals surface area contributed by atoms with Crippen molar-refractivity contribution >= 4 is 34.3 Å². The molecule has 1 fully saturated rings. The van der Waals surface area contributed by atoms with E-state index >= 15 is 0 Å². The zero-order valence-corrected chi connectivity index (χ0v) is 14.5. The van der Waals surface area contributed by atoms with E-state index in [0.717, 1.165) is 29.4 Å². The van der Waals surface area contributed by atoms with Crippen LogP contribution in [0.4, 0.5) is 17.5 Å². The molecular formula is C18H21N7O. The number of nitrogens with two attached hydrogens (primary N) is 2. The normalized spacial score (nSPS) is 15.0. The summed E-state index contributed by atoms with van der Waals surface area (Å²) in [5, 5.41) is 7.39. The Morgan fingerprint density at radius 1 is 1.35 bits per heavy atom. The molecule has 3 aromatic rings. The van der Waals surface area contributed by atoms with Gasteiger partial charge in [-0.15, -0.1) is 0 Å². The fraction of sp³-hybridized carbons (Fsp3) is 0.278. The van der Waals surface area contributed by atoms with Gasteiger partial charge in [0.25, 0.3) is 5.91 Å². The topological polar surface area (TPSA) is 124 Å². The summed E-state index contributed by atoms with van der Waals surface area (Å²) in [5.74, 6) is 0.194. The van der Waals surface area contributed by atoms with Crippen LogP contribution in [0, 0.1) is 0 Å². The molecule has 0 aliphatic heterocycles. The lowest BCUT2D eigenvalue weighted by atomic mass is 10.2. The van der Waals surface area contributed by atoms with E-state index in [0.29, 0.717) is 18.3 Å². The van der Waals surface area contributed by atoms with E-state index in [4.69, 9.17) is 11.5 Å². The van der Waals surface area contributed by atoms with Gasteiger partial charge in [0, 0.05) is 48.1 Å².